The highest BCUT2D eigenvalue weighted by atomic mass is 16.5. The number of rotatable bonds is 9. The van der Waals surface area contributed by atoms with Crippen LogP contribution in [0.4, 0.5) is 0 Å². The quantitative estimate of drug-likeness (QED) is 0.677. The standard InChI is InChI=1S/C16H23NO4/c1-2-20-16(19)15(17-13-5-6-13)9-10-21-14-7-3-12(11-18)4-8-14/h3-4,7-8,13,15,17-18H,2,5-6,9-11H2,1H3. The zero-order valence-corrected chi connectivity index (χ0v) is 12.4. The van der Waals surface area contributed by atoms with Crippen LogP contribution in [0.2, 0.25) is 0 Å². The molecule has 0 bridgehead atoms. The number of aliphatic hydroxyl groups is 1. The summed E-state index contributed by atoms with van der Waals surface area (Å²) in [4.78, 5) is 11.9. The molecule has 5 heteroatoms. The Labute approximate surface area is 125 Å². The van der Waals surface area contributed by atoms with E-state index in [0.717, 1.165) is 24.2 Å². The molecule has 0 aliphatic heterocycles. The van der Waals surface area contributed by atoms with Crippen LogP contribution in [-0.4, -0.2) is 36.4 Å². The summed E-state index contributed by atoms with van der Waals surface area (Å²) in [6.07, 6.45) is 2.83. The second-order valence-corrected chi connectivity index (χ2v) is 5.18. The van der Waals surface area contributed by atoms with E-state index < -0.39 is 0 Å². The van der Waals surface area contributed by atoms with Crippen LogP contribution in [0.25, 0.3) is 0 Å². The molecule has 0 amide bonds. The average Bonchev–Trinajstić information content (AvgIpc) is 3.31. The Kier molecular flexibility index (Phi) is 6.02. The molecule has 1 aliphatic carbocycles. The van der Waals surface area contributed by atoms with E-state index in [1.807, 2.05) is 31.2 Å². The maximum Gasteiger partial charge on any atom is 0.323 e. The molecular weight excluding hydrogens is 270 g/mol. The summed E-state index contributed by atoms with van der Waals surface area (Å²) in [5, 5.41) is 12.3. The Hall–Kier alpha value is -1.59. The van der Waals surface area contributed by atoms with Gasteiger partial charge in [0, 0.05) is 12.5 Å². The Balaban J connectivity index is 1.78. The number of carbonyl (C=O) groups is 1. The Morgan fingerprint density at radius 2 is 2.10 bits per heavy atom. The Morgan fingerprint density at radius 1 is 1.38 bits per heavy atom. The van der Waals surface area contributed by atoms with Crippen molar-refractivity contribution in [1.82, 2.24) is 5.32 Å². The van der Waals surface area contributed by atoms with Crippen LogP contribution >= 0.6 is 0 Å². The molecule has 1 aromatic rings. The van der Waals surface area contributed by atoms with Crippen LogP contribution < -0.4 is 10.1 Å². The lowest BCUT2D eigenvalue weighted by molar-refractivity contribution is -0.146. The molecule has 2 rings (SSSR count). The van der Waals surface area contributed by atoms with Gasteiger partial charge in [-0.05, 0) is 37.5 Å². The summed E-state index contributed by atoms with van der Waals surface area (Å²) in [5.41, 5.74) is 0.849. The largest absolute Gasteiger partial charge is 0.494 e. The van der Waals surface area contributed by atoms with E-state index in [1.165, 1.54) is 0 Å². The number of carbonyl (C=O) groups excluding carboxylic acids is 1. The normalized spacial score (nSPS) is 15.5. The van der Waals surface area contributed by atoms with Crippen molar-refractivity contribution in [3.8, 4) is 5.75 Å². The minimum absolute atomic E-state index is 0.0243. The zero-order chi connectivity index (χ0) is 15.1. The lowest BCUT2D eigenvalue weighted by Crippen LogP contribution is -2.40. The van der Waals surface area contributed by atoms with Crippen molar-refractivity contribution in [2.75, 3.05) is 13.2 Å². The fraction of sp³-hybridized carbons (Fsp3) is 0.562. The molecule has 0 spiro atoms. The average molecular weight is 293 g/mol. The molecule has 21 heavy (non-hydrogen) atoms. The van der Waals surface area contributed by atoms with Crippen molar-refractivity contribution in [3.05, 3.63) is 29.8 Å². The van der Waals surface area contributed by atoms with Gasteiger partial charge in [-0.3, -0.25) is 4.79 Å². The van der Waals surface area contributed by atoms with Crippen molar-refractivity contribution < 1.29 is 19.4 Å². The van der Waals surface area contributed by atoms with Gasteiger partial charge in [-0.15, -0.1) is 0 Å². The van der Waals surface area contributed by atoms with E-state index in [-0.39, 0.29) is 18.6 Å². The smallest absolute Gasteiger partial charge is 0.323 e. The number of hydrogen-bond acceptors (Lipinski definition) is 5. The van der Waals surface area contributed by atoms with Crippen molar-refractivity contribution in [2.24, 2.45) is 0 Å². The summed E-state index contributed by atoms with van der Waals surface area (Å²) in [7, 11) is 0. The molecule has 0 saturated heterocycles. The van der Waals surface area contributed by atoms with Crippen molar-refractivity contribution >= 4 is 5.97 Å². The van der Waals surface area contributed by atoms with Gasteiger partial charge in [-0.2, -0.15) is 0 Å². The predicted octanol–water partition coefficient (Wildman–Crippen LogP) is 1.63. The van der Waals surface area contributed by atoms with Gasteiger partial charge in [0.25, 0.3) is 0 Å². The van der Waals surface area contributed by atoms with Crippen molar-refractivity contribution in [3.63, 3.8) is 0 Å². The first-order valence-electron chi connectivity index (χ1n) is 7.48. The van der Waals surface area contributed by atoms with E-state index in [1.54, 1.807) is 0 Å². The predicted molar refractivity (Wildman–Crippen MR) is 79.1 cm³/mol. The van der Waals surface area contributed by atoms with Gasteiger partial charge in [0.05, 0.1) is 19.8 Å². The third-order valence-corrected chi connectivity index (χ3v) is 3.37. The van der Waals surface area contributed by atoms with Gasteiger partial charge in [0.2, 0.25) is 0 Å². The monoisotopic (exact) mass is 293 g/mol. The molecule has 1 fully saturated rings. The highest BCUT2D eigenvalue weighted by Crippen LogP contribution is 2.20. The molecule has 1 unspecified atom stereocenters. The minimum atomic E-state index is -0.297. The van der Waals surface area contributed by atoms with Crippen LogP contribution in [0.1, 0.15) is 31.7 Å². The number of ether oxygens (including phenoxy) is 2. The number of esters is 1. The van der Waals surface area contributed by atoms with Gasteiger partial charge in [-0.1, -0.05) is 12.1 Å². The van der Waals surface area contributed by atoms with Gasteiger partial charge in [-0.25, -0.2) is 0 Å². The lowest BCUT2D eigenvalue weighted by Gasteiger charge is -2.17. The molecule has 1 aliphatic rings. The highest BCUT2D eigenvalue weighted by molar-refractivity contribution is 5.75. The van der Waals surface area contributed by atoms with E-state index in [9.17, 15) is 4.79 Å². The van der Waals surface area contributed by atoms with E-state index >= 15 is 0 Å². The van der Waals surface area contributed by atoms with Gasteiger partial charge >= 0.3 is 5.97 Å². The molecule has 1 atom stereocenters. The summed E-state index contributed by atoms with van der Waals surface area (Å²) >= 11 is 0. The van der Waals surface area contributed by atoms with Gasteiger partial charge in [0.15, 0.2) is 0 Å². The fourth-order valence-corrected chi connectivity index (χ4v) is 2.03. The molecule has 1 aromatic carbocycles. The second-order valence-electron chi connectivity index (χ2n) is 5.18. The van der Waals surface area contributed by atoms with E-state index in [0.29, 0.717) is 25.7 Å². The molecule has 0 heterocycles. The van der Waals surface area contributed by atoms with Crippen LogP contribution in [0.3, 0.4) is 0 Å². The first kappa shape index (κ1) is 15.8. The maximum absolute atomic E-state index is 11.9. The SMILES string of the molecule is CCOC(=O)C(CCOc1ccc(CO)cc1)NC1CC1. The van der Waals surface area contributed by atoms with Crippen LogP contribution in [-0.2, 0) is 16.1 Å². The number of aliphatic hydroxyl groups excluding tert-OH is 1. The summed E-state index contributed by atoms with van der Waals surface area (Å²) < 4.78 is 10.7. The maximum atomic E-state index is 11.9. The highest BCUT2D eigenvalue weighted by Gasteiger charge is 2.29. The lowest BCUT2D eigenvalue weighted by atomic mass is 10.2. The summed E-state index contributed by atoms with van der Waals surface area (Å²) in [5.74, 6) is 0.532. The van der Waals surface area contributed by atoms with E-state index in [4.69, 9.17) is 14.6 Å². The zero-order valence-electron chi connectivity index (χ0n) is 12.4. The van der Waals surface area contributed by atoms with Crippen LogP contribution in [0.15, 0.2) is 24.3 Å². The molecule has 0 radical (unpaired) electrons. The van der Waals surface area contributed by atoms with Crippen molar-refractivity contribution in [2.45, 2.75) is 44.9 Å². The van der Waals surface area contributed by atoms with Crippen LogP contribution in [0, 0.1) is 0 Å². The second kappa shape index (κ2) is 8.00. The van der Waals surface area contributed by atoms with Gasteiger partial charge < -0.3 is 19.9 Å². The molecule has 5 nitrogen and oxygen atoms in total. The van der Waals surface area contributed by atoms with Crippen molar-refractivity contribution in [1.29, 1.82) is 0 Å². The third-order valence-electron chi connectivity index (χ3n) is 3.37. The van der Waals surface area contributed by atoms with Gasteiger partial charge in [0.1, 0.15) is 11.8 Å². The number of benzene rings is 1. The third kappa shape index (κ3) is 5.36. The molecule has 116 valence electrons. The number of hydrogen-bond donors (Lipinski definition) is 2. The molecular formula is C16H23NO4. The fourth-order valence-electron chi connectivity index (χ4n) is 2.03. The molecule has 0 aromatic heterocycles. The summed E-state index contributed by atoms with van der Waals surface area (Å²) in [6, 6.07) is 7.43. The first-order valence-corrected chi connectivity index (χ1v) is 7.48. The Bertz CT molecular complexity index is 442. The van der Waals surface area contributed by atoms with Crippen LogP contribution in [0.5, 0.6) is 5.75 Å². The molecule has 1 saturated carbocycles. The summed E-state index contributed by atoms with van der Waals surface area (Å²) in [6.45, 7) is 2.68. The van der Waals surface area contributed by atoms with E-state index in [2.05, 4.69) is 5.32 Å². The first-order chi connectivity index (χ1) is 10.2. The topological polar surface area (TPSA) is 67.8 Å². The number of nitrogens with one attached hydrogen (secondary N) is 1. The Morgan fingerprint density at radius 3 is 2.67 bits per heavy atom. The molecule has 2 N–H and O–H groups in total. The minimum Gasteiger partial charge on any atom is -0.494 e.